The average Bonchev–Trinajstić information content (AvgIpc) is 3.12. The molecule has 2 rings (SSSR count). The van der Waals surface area contributed by atoms with Crippen LogP contribution in [-0.4, -0.2) is 52.7 Å². The molecule has 17 heavy (non-hydrogen) atoms. The van der Waals surface area contributed by atoms with E-state index in [1.54, 1.807) is 11.8 Å². The zero-order valence-electron chi connectivity index (χ0n) is 10.2. The van der Waals surface area contributed by atoms with Crippen molar-refractivity contribution < 1.29 is 9.59 Å². The first-order valence-electron chi connectivity index (χ1n) is 6.26. The fourth-order valence-electron chi connectivity index (χ4n) is 2.66. The zero-order chi connectivity index (χ0) is 12.4. The van der Waals surface area contributed by atoms with Gasteiger partial charge < -0.3 is 9.80 Å². The summed E-state index contributed by atoms with van der Waals surface area (Å²) in [7, 11) is 0. The molecule has 0 radical (unpaired) electrons. The number of rotatable bonds is 3. The van der Waals surface area contributed by atoms with E-state index in [0.717, 1.165) is 32.2 Å². The van der Waals surface area contributed by atoms with Crippen molar-refractivity contribution in [1.29, 1.82) is 0 Å². The lowest BCUT2D eigenvalue weighted by Crippen LogP contribution is -2.52. The van der Waals surface area contributed by atoms with E-state index < -0.39 is 0 Å². The van der Waals surface area contributed by atoms with Crippen LogP contribution in [0, 0.1) is 0 Å². The molecule has 1 aliphatic carbocycles. The smallest absolute Gasteiger partial charge is 0.237 e. The van der Waals surface area contributed by atoms with E-state index in [-0.39, 0.29) is 23.7 Å². The number of hydrogen-bond donors (Lipinski definition) is 0. The second kappa shape index (κ2) is 5.25. The minimum atomic E-state index is -0.0179. The van der Waals surface area contributed by atoms with Crippen molar-refractivity contribution >= 4 is 23.4 Å². The largest absolute Gasteiger partial charge is 0.340 e. The number of piperidine rings is 1. The molecule has 4 nitrogen and oxygen atoms in total. The predicted molar refractivity (Wildman–Crippen MR) is 65.9 cm³/mol. The second-order valence-electron chi connectivity index (χ2n) is 4.93. The fourth-order valence-corrected chi connectivity index (χ4v) is 2.83. The maximum Gasteiger partial charge on any atom is 0.237 e. The van der Waals surface area contributed by atoms with Gasteiger partial charge in [-0.1, -0.05) is 0 Å². The third-order valence-electron chi connectivity index (χ3n) is 3.56. The number of amides is 2. The minimum Gasteiger partial charge on any atom is -0.340 e. The van der Waals surface area contributed by atoms with Crippen LogP contribution in [0.3, 0.4) is 0 Å². The number of carbonyl (C=O) groups is 2. The Morgan fingerprint density at radius 2 is 2.00 bits per heavy atom. The van der Waals surface area contributed by atoms with Crippen LogP contribution in [0.25, 0.3) is 0 Å². The number of nitrogens with zero attached hydrogens (tertiary/aromatic N) is 2. The SMILES string of the molecule is CC(=O)N(C1CC1)[C@H]1CCCN(C(=O)CCl)C1. The summed E-state index contributed by atoms with van der Waals surface area (Å²) in [4.78, 5) is 27.0. The molecule has 1 aliphatic heterocycles. The van der Waals surface area contributed by atoms with Gasteiger partial charge in [0.15, 0.2) is 0 Å². The highest BCUT2D eigenvalue weighted by Crippen LogP contribution is 2.31. The van der Waals surface area contributed by atoms with Gasteiger partial charge in [-0.15, -0.1) is 11.6 Å². The van der Waals surface area contributed by atoms with Gasteiger partial charge in [0.05, 0.1) is 0 Å². The summed E-state index contributed by atoms with van der Waals surface area (Å²) in [5.41, 5.74) is 0. The average molecular weight is 259 g/mol. The van der Waals surface area contributed by atoms with Crippen LogP contribution in [0.5, 0.6) is 0 Å². The molecule has 1 saturated heterocycles. The van der Waals surface area contributed by atoms with Crippen LogP contribution >= 0.6 is 11.6 Å². The Kier molecular flexibility index (Phi) is 3.92. The summed E-state index contributed by atoms with van der Waals surface area (Å²) in [6.07, 6.45) is 4.19. The van der Waals surface area contributed by atoms with E-state index in [2.05, 4.69) is 0 Å². The summed E-state index contributed by atoms with van der Waals surface area (Å²) in [5.74, 6) is 0.157. The van der Waals surface area contributed by atoms with E-state index >= 15 is 0 Å². The number of hydrogen-bond acceptors (Lipinski definition) is 2. The third-order valence-corrected chi connectivity index (χ3v) is 3.79. The molecule has 0 aromatic rings. The zero-order valence-corrected chi connectivity index (χ0v) is 10.9. The van der Waals surface area contributed by atoms with Gasteiger partial charge in [0.2, 0.25) is 11.8 Å². The van der Waals surface area contributed by atoms with Crippen molar-refractivity contribution in [3.05, 3.63) is 0 Å². The Hall–Kier alpha value is -0.770. The number of likely N-dealkylation sites (tertiary alicyclic amines) is 1. The molecular formula is C12H19ClN2O2. The van der Waals surface area contributed by atoms with Gasteiger partial charge in [0.1, 0.15) is 5.88 Å². The van der Waals surface area contributed by atoms with Crippen molar-refractivity contribution in [3.63, 3.8) is 0 Å². The normalized spacial score (nSPS) is 24.6. The van der Waals surface area contributed by atoms with E-state index in [0.29, 0.717) is 12.6 Å². The summed E-state index contributed by atoms with van der Waals surface area (Å²) in [5, 5.41) is 0. The lowest BCUT2D eigenvalue weighted by Gasteiger charge is -2.39. The Morgan fingerprint density at radius 3 is 2.53 bits per heavy atom. The first kappa shape index (κ1) is 12.7. The van der Waals surface area contributed by atoms with Crippen molar-refractivity contribution in [2.45, 2.75) is 44.7 Å². The standard InChI is InChI=1S/C12H19ClN2O2/c1-9(16)15(10-4-5-10)11-3-2-6-14(8-11)12(17)7-13/h10-11H,2-8H2,1H3/t11-/m0/s1. The topological polar surface area (TPSA) is 40.6 Å². The first-order valence-corrected chi connectivity index (χ1v) is 6.79. The second-order valence-corrected chi connectivity index (χ2v) is 5.19. The minimum absolute atomic E-state index is 0.0179. The number of halogens is 1. The molecule has 96 valence electrons. The molecule has 0 spiro atoms. The van der Waals surface area contributed by atoms with Crippen molar-refractivity contribution in [3.8, 4) is 0 Å². The maximum absolute atomic E-state index is 11.7. The van der Waals surface area contributed by atoms with Gasteiger partial charge in [-0.05, 0) is 25.7 Å². The van der Waals surface area contributed by atoms with Crippen LogP contribution in [-0.2, 0) is 9.59 Å². The molecule has 2 fully saturated rings. The lowest BCUT2D eigenvalue weighted by atomic mass is 10.0. The van der Waals surface area contributed by atoms with E-state index in [1.807, 2.05) is 4.90 Å². The molecule has 1 heterocycles. The molecule has 2 aliphatic rings. The van der Waals surface area contributed by atoms with E-state index in [1.165, 1.54) is 0 Å². The lowest BCUT2D eigenvalue weighted by molar-refractivity contribution is -0.137. The highest BCUT2D eigenvalue weighted by Gasteiger charge is 2.38. The van der Waals surface area contributed by atoms with Crippen LogP contribution < -0.4 is 0 Å². The van der Waals surface area contributed by atoms with Gasteiger partial charge in [0.25, 0.3) is 0 Å². The van der Waals surface area contributed by atoms with Crippen LogP contribution in [0.4, 0.5) is 0 Å². The van der Waals surface area contributed by atoms with Crippen molar-refractivity contribution in [1.82, 2.24) is 9.80 Å². The number of carbonyl (C=O) groups excluding carboxylic acids is 2. The Morgan fingerprint density at radius 1 is 1.29 bits per heavy atom. The molecule has 0 unspecified atom stereocenters. The van der Waals surface area contributed by atoms with Gasteiger partial charge in [-0.25, -0.2) is 0 Å². The van der Waals surface area contributed by atoms with E-state index in [9.17, 15) is 9.59 Å². The van der Waals surface area contributed by atoms with E-state index in [4.69, 9.17) is 11.6 Å². The third kappa shape index (κ3) is 2.92. The Labute approximate surface area is 107 Å². The summed E-state index contributed by atoms with van der Waals surface area (Å²) < 4.78 is 0. The molecule has 5 heteroatoms. The predicted octanol–water partition coefficient (Wildman–Crippen LogP) is 1.23. The summed E-state index contributed by atoms with van der Waals surface area (Å²) in [6.45, 7) is 3.06. The highest BCUT2D eigenvalue weighted by atomic mass is 35.5. The quantitative estimate of drug-likeness (QED) is 0.715. The Bertz CT molecular complexity index is 318. The molecule has 0 aromatic carbocycles. The van der Waals surface area contributed by atoms with Crippen LogP contribution in [0.2, 0.25) is 0 Å². The van der Waals surface area contributed by atoms with Crippen molar-refractivity contribution in [2.24, 2.45) is 0 Å². The van der Waals surface area contributed by atoms with Crippen LogP contribution in [0.1, 0.15) is 32.6 Å². The van der Waals surface area contributed by atoms with Gasteiger partial charge in [-0.2, -0.15) is 0 Å². The molecule has 0 bridgehead atoms. The highest BCUT2D eigenvalue weighted by molar-refractivity contribution is 6.27. The Balaban J connectivity index is 2.00. The van der Waals surface area contributed by atoms with Gasteiger partial charge >= 0.3 is 0 Å². The van der Waals surface area contributed by atoms with Crippen molar-refractivity contribution in [2.75, 3.05) is 19.0 Å². The monoisotopic (exact) mass is 258 g/mol. The number of alkyl halides is 1. The molecule has 0 aromatic heterocycles. The van der Waals surface area contributed by atoms with Gasteiger partial charge in [-0.3, -0.25) is 9.59 Å². The molecule has 2 amide bonds. The molecule has 1 saturated carbocycles. The molecule has 0 N–H and O–H groups in total. The van der Waals surface area contributed by atoms with Gasteiger partial charge in [0, 0.05) is 32.1 Å². The molecule has 1 atom stereocenters. The first-order chi connectivity index (χ1) is 8.13. The molecular weight excluding hydrogens is 240 g/mol. The summed E-state index contributed by atoms with van der Waals surface area (Å²) >= 11 is 5.58. The maximum atomic E-state index is 11.7. The van der Waals surface area contributed by atoms with Crippen LogP contribution in [0.15, 0.2) is 0 Å². The summed E-state index contributed by atoms with van der Waals surface area (Å²) in [6, 6.07) is 0.615. The fraction of sp³-hybridized carbons (Fsp3) is 0.833.